The monoisotopic (exact) mass is 556 g/mol. The van der Waals surface area contributed by atoms with Crippen molar-refractivity contribution in [2.24, 2.45) is 0 Å². The van der Waals surface area contributed by atoms with Crippen LogP contribution < -0.4 is 10.2 Å². The third-order valence-corrected chi connectivity index (χ3v) is 7.32. The van der Waals surface area contributed by atoms with E-state index < -0.39 is 17.6 Å². The lowest BCUT2D eigenvalue weighted by Gasteiger charge is -2.34. The molecular weight excluding hydrogens is 529 g/mol. The molecule has 5 aromatic rings. The number of hydrogen-bond donors (Lipinski definition) is 1. The molecule has 2 aromatic heterocycles. The SMILES string of the molecule is CN1CCN(c2ccc(-c3cnn4c(-c5cccc(NC(=O)c6cccc(C(F)(F)F)c6)c5)ccnc34)cc2)CC1. The number of aromatic nitrogens is 3. The second kappa shape index (κ2) is 10.7. The second-order valence-corrected chi connectivity index (χ2v) is 10.1. The van der Waals surface area contributed by atoms with Gasteiger partial charge in [-0.25, -0.2) is 9.50 Å². The Balaban J connectivity index is 1.25. The minimum atomic E-state index is -4.53. The van der Waals surface area contributed by atoms with Gasteiger partial charge in [0.05, 0.1) is 17.5 Å². The normalized spacial score (nSPS) is 14.4. The molecule has 1 aliphatic heterocycles. The Kier molecular flexibility index (Phi) is 6.92. The van der Waals surface area contributed by atoms with Gasteiger partial charge in [0.1, 0.15) is 0 Å². The van der Waals surface area contributed by atoms with Crippen molar-refractivity contribution in [3.63, 3.8) is 0 Å². The molecule has 0 bridgehead atoms. The number of rotatable bonds is 5. The summed E-state index contributed by atoms with van der Waals surface area (Å²) in [5.41, 5.74) is 4.79. The molecule has 0 saturated carbocycles. The molecule has 0 radical (unpaired) electrons. The summed E-state index contributed by atoms with van der Waals surface area (Å²) in [5, 5.41) is 7.31. The Morgan fingerprint density at radius 2 is 1.63 bits per heavy atom. The number of amides is 1. The second-order valence-electron chi connectivity index (χ2n) is 10.1. The topological polar surface area (TPSA) is 65.8 Å². The van der Waals surface area contributed by atoms with Gasteiger partial charge in [-0.3, -0.25) is 4.79 Å². The van der Waals surface area contributed by atoms with Crippen molar-refractivity contribution in [1.29, 1.82) is 0 Å². The van der Waals surface area contributed by atoms with E-state index >= 15 is 0 Å². The first-order valence-corrected chi connectivity index (χ1v) is 13.2. The van der Waals surface area contributed by atoms with Crippen LogP contribution in [0.4, 0.5) is 24.5 Å². The van der Waals surface area contributed by atoms with Gasteiger partial charge in [0, 0.05) is 60.4 Å². The number of benzene rings is 3. The molecule has 0 atom stereocenters. The molecule has 0 unspecified atom stereocenters. The van der Waals surface area contributed by atoms with Crippen molar-refractivity contribution in [2.75, 3.05) is 43.4 Å². The minimum absolute atomic E-state index is 0.0770. The Labute approximate surface area is 234 Å². The maximum Gasteiger partial charge on any atom is 0.416 e. The van der Waals surface area contributed by atoms with Crippen molar-refractivity contribution < 1.29 is 18.0 Å². The van der Waals surface area contributed by atoms with Gasteiger partial charge in [0.25, 0.3) is 5.91 Å². The molecule has 0 spiro atoms. The van der Waals surface area contributed by atoms with Gasteiger partial charge in [-0.1, -0.05) is 30.3 Å². The van der Waals surface area contributed by atoms with Crippen molar-refractivity contribution in [3.05, 3.63) is 102 Å². The predicted octanol–water partition coefficient (Wildman–Crippen LogP) is 6.09. The average Bonchev–Trinajstić information content (AvgIpc) is 3.42. The number of hydrogen-bond acceptors (Lipinski definition) is 5. The fraction of sp³-hybridized carbons (Fsp3) is 0.194. The summed E-state index contributed by atoms with van der Waals surface area (Å²) in [7, 11) is 2.14. The summed E-state index contributed by atoms with van der Waals surface area (Å²) in [6, 6.07) is 21.7. The van der Waals surface area contributed by atoms with Crippen molar-refractivity contribution in [1.82, 2.24) is 19.5 Å². The van der Waals surface area contributed by atoms with Gasteiger partial charge >= 0.3 is 6.18 Å². The Morgan fingerprint density at radius 1 is 0.878 bits per heavy atom. The van der Waals surface area contributed by atoms with Gasteiger partial charge in [0.2, 0.25) is 0 Å². The van der Waals surface area contributed by atoms with Crippen molar-refractivity contribution >= 4 is 22.9 Å². The fourth-order valence-electron chi connectivity index (χ4n) is 5.03. The number of alkyl halides is 3. The smallest absolute Gasteiger partial charge is 0.369 e. The highest BCUT2D eigenvalue weighted by Crippen LogP contribution is 2.31. The van der Waals surface area contributed by atoms with Crippen molar-refractivity contribution in [3.8, 4) is 22.4 Å². The van der Waals surface area contributed by atoms with Crippen LogP contribution in [0.15, 0.2) is 91.3 Å². The van der Waals surface area contributed by atoms with E-state index in [-0.39, 0.29) is 5.56 Å². The summed E-state index contributed by atoms with van der Waals surface area (Å²) in [5.74, 6) is -0.630. The quantitative estimate of drug-likeness (QED) is 0.284. The van der Waals surface area contributed by atoms with Crippen LogP contribution in [0.25, 0.3) is 28.0 Å². The van der Waals surface area contributed by atoms with E-state index in [0.717, 1.165) is 60.7 Å². The first kappa shape index (κ1) is 26.5. The molecule has 6 rings (SSSR count). The zero-order valence-corrected chi connectivity index (χ0v) is 22.3. The lowest BCUT2D eigenvalue weighted by atomic mass is 10.1. The van der Waals surface area contributed by atoms with Crippen LogP contribution in [0.1, 0.15) is 15.9 Å². The average molecular weight is 557 g/mol. The van der Waals surface area contributed by atoms with Gasteiger partial charge in [-0.05, 0) is 61.1 Å². The van der Waals surface area contributed by atoms with E-state index in [1.54, 1.807) is 35.1 Å². The Morgan fingerprint density at radius 3 is 2.39 bits per heavy atom. The number of anilines is 2. The zero-order valence-electron chi connectivity index (χ0n) is 22.3. The number of carbonyl (C=O) groups is 1. The first-order valence-electron chi connectivity index (χ1n) is 13.2. The van der Waals surface area contributed by atoms with Crippen LogP contribution in [0, 0.1) is 0 Å². The molecule has 208 valence electrons. The minimum Gasteiger partial charge on any atom is -0.369 e. The highest BCUT2D eigenvalue weighted by atomic mass is 19.4. The van der Waals surface area contributed by atoms with Crippen LogP contribution >= 0.6 is 0 Å². The van der Waals surface area contributed by atoms with Crippen LogP contribution in [0.3, 0.4) is 0 Å². The van der Waals surface area contributed by atoms with E-state index in [2.05, 4.69) is 56.5 Å². The van der Waals surface area contributed by atoms with Gasteiger partial charge in [0.15, 0.2) is 5.65 Å². The van der Waals surface area contributed by atoms with Crippen LogP contribution in [0.5, 0.6) is 0 Å². The molecule has 10 heteroatoms. The Bertz CT molecular complexity index is 1710. The summed E-state index contributed by atoms with van der Waals surface area (Å²) in [6.07, 6.45) is -1.03. The standard InChI is InChI=1S/C31H27F3N6O/c1-38-14-16-39(17-15-38)26-10-8-21(9-11-26)27-20-36-40-28(12-13-35-29(27)40)22-4-3-7-25(19-22)37-30(41)23-5-2-6-24(18-23)31(32,33)34/h2-13,18-20H,14-17H2,1H3,(H,37,41). The number of fused-ring (bicyclic) bond motifs is 1. The van der Waals surface area contributed by atoms with E-state index in [1.165, 1.54) is 17.8 Å². The largest absolute Gasteiger partial charge is 0.416 e. The number of nitrogens with one attached hydrogen (secondary N) is 1. The third-order valence-electron chi connectivity index (χ3n) is 7.32. The lowest BCUT2D eigenvalue weighted by molar-refractivity contribution is -0.137. The molecule has 1 N–H and O–H groups in total. The van der Waals surface area contributed by atoms with Gasteiger partial charge in [-0.15, -0.1) is 0 Å². The van der Waals surface area contributed by atoms with E-state index in [4.69, 9.17) is 0 Å². The molecule has 1 aliphatic rings. The van der Waals surface area contributed by atoms with Crippen molar-refractivity contribution in [2.45, 2.75) is 6.18 Å². The number of carbonyl (C=O) groups excluding carboxylic acids is 1. The summed E-state index contributed by atoms with van der Waals surface area (Å²) >= 11 is 0. The molecule has 7 nitrogen and oxygen atoms in total. The summed E-state index contributed by atoms with van der Waals surface area (Å²) in [6.45, 7) is 4.07. The Hall–Kier alpha value is -4.70. The van der Waals surface area contributed by atoms with Crippen LogP contribution in [-0.4, -0.2) is 58.6 Å². The van der Waals surface area contributed by atoms with Gasteiger partial charge < -0.3 is 15.1 Å². The summed E-state index contributed by atoms with van der Waals surface area (Å²) < 4.78 is 41.0. The van der Waals surface area contributed by atoms with Crippen LogP contribution in [-0.2, 0) is 6.18 Å². The predicted molar refractivity (Wildman–Crippen MR) is 153 cm³/mol. The van der Waals surface area contributed by atoms with E-state index in [9.17, 15) is 18.0 Å². The molecule has 1 amide bonds. The lowest BCUT2D eigenvalue weighted by Crippen LogP contribution is -2.44. The maximum absolute atomic E-state index is 13.1. The molecule has 0 aliphatic carbocycles. The zero-order chi connectivity index (χ0) is 28.6. The number of nitrogens with zero attached hydrogens (tertiary/aromatic N) is 5. The number of halogens is 3. The first-order chi connectivity index (χ1) is 19.8. The highest BCUT2D eigenvalue weighted by molar-refractivity contribution is 6.04. The van der Waals surface area contributed by atoms with E-state index in [1.807, 2.05) is 12.1 Å². The maximum atomic E-state index is 13.1. The molecule has 3 aromatic carbocycles. The third kappa shape index (κ3) is 5.51. The fourth-order valence-corrected chi connectivity index (χ4v) is 5.03. The molecule has 1 fully saturated rings. The number of piperazine rings is 1. The van der Waals surface area contributed by atoms with Gasteiger partial charge in [-0.2, -0.15) is 18.3 Å². The van der Waals surface area contributed by atoms with Crippen LogP contribution in [0.2, 0.25) is 0 Å². The number of likely N-dealkylation sites (N-methyl/N-ethyl adjacent to an activating group) is 1. The van der Waals surface area contributed by atoms with E-state index in [0.29, 0.717) is 11.3 Å². The molecule has 41 heavy (non-hydrogen) atoms. The molecule has 1 saturated heterocycles. The molecular formula is C31H27F3N6O. The molecule has 3 heterocycles. The highest BCUT2D eigenvalue weighted by Gasteiger charge is 2.31. The summed E-state index contributed by atoms with van der Waals surface area (Å²) in [4.78, 5) is 22.0.